The molecular formula is C13H20N2OS. The number of amides is 1. The number of nitrogens with one attached hydrogen (secondary N) is 2. The number of hydrogen-bond acceptors (Lipinski definition) is 3. The van der Waals surface area contributed by atoms with Gasteiger partial charge in [0, 0.05) is 12.0 Å². The second kappa shape index (κ2) is 5.19. The molecule has 0 atom stereocenters. The maximum Gasteiger partial charge on any atom is 0.226 e. The molecule has 1 aliphatic heterocycles. The normalized spacial score (nSPS) is 18.9. The van der Waals surface area contributed by atoms with E-state index >= 15 is 0 Å². The molecule has 1 aromatic rings. The van der Waals surface area contributed by atoms with Gasteiger partial charge in [-0.2, -0.15) is 11.3 Å². The Morgan fingerprint density at radius 1 is 1.47 bits per heavy atom. The van der Waals surface area contributed by atoms with Crippen LogP contribution < -0.4 is 10.6 Å². The van der Waals surface area contributed by atoms with Crippen molar-refractivity contribution in [2.24, 2.45) is 5.41 Å². The molecule has 2 heterocycles. The lowest BCUT2D eigenvalue weighted by Crippen LogP contribution is -2.45. The molecule has 1 aliphatic rings. The van der Waals surface area contributed by atoms with Crippen LogP contribution in [-0.4, -0.2) is 19.0 Å². The summed E-state index contributed by atoms with van der Waals surface area (Å²) >= 11 is 1.69. The Balaban J connectivity index is 1.91. The maximum absolute atomic E-state index is 12.2. The van der Waals surface area contributed by atoms with E-state index in [9.17, 15) is 4.79 Å². The van der Waals surface area contributed by atoms with Crippen LogP contribution in [0.5, 0.6) is 0 Å². The SMILES string of the molecule is Cc1cscc1CNC(=O)C1(C)CCNCC1. The molecule has 2 N–H and O–H groups in total. The fourth-order valence-electron chi connectivity index (χ4n) is 2.16. The number of thiophene rings is 1. The van der Waals surface area contributed by atoms with E-state index in [1.165, 1.54) is 11.1 Å². The van der Waals surface area contributed by atoms with Crippen LogP contribution in [0.3, 0.4) is 0 Å². The highest BCUT2D eigenvalue weighted by Crippen LogP contribution is 2.28. The Hall–Kier alpha value is -0.870. The molecule has 0 aliphatic carbocycles. The Labute approximate surface area is 107 Å². The molecule has 17 heavy (non-hydrogen) atoms. The van der Waals surface area contributed by atoms with Crippen molar-refractivity contribution in [3.05, 3.63) is 21.9 Å². The van der Waals surface area contributed by atoms with Gasteiger partial charge in [-0.3, -0.25) is 4.79 Å². The second-order valence-electron chi connectivity index (χ2n) is 5.07. The summed E-state index contributed by atoms with van der Waals surface area (Å²) < 4.78 is 0. The summed E-state index contributed by atoms with van der Waals surface area (Å²) in [4.78, 5) is 12.2. The van der Waals surface area contributed by atoms with E-state index in [1.54, 1.807) is 11.3 Å². The van der Waals surface area contributed by atoms with Crippen LogP contribution in [0, 0.1) is 12.3 Å². The molecule has 0 spiro atoms. The van der Waals surface area contributed by atoms with E-state index in [4.69, 9.17) is 0 Å². The highest BCUT2D eigenvalue weighted by molar-refractivity contribution is 7.08. The molecule has 0 aromatic carbocycles. The van der Waals surface area contributed by atoms with Crippen LogP contribution in [0.25, 0.3) is 0 Å². The summed E-state index contributed by atoms with van der Waals surface area (Å²) in [5.74, 6) is 0.199. The van der Waals surface area contributed by atoms with Crippen LogP contribution in [0.15, 0.2) is 10.8 Å². The number of piperidine rings is 1. The number of carbonyl (C=O) groups excluding carboxylic acids is 1. The van der Waals surface area contributed by atoms with Gasteiger partial charge in [-0.25, -0.2) is 0 Å². The highest BCUT2D eigenvalue weighted by Gasteiger charge is 2.34. The Morgan fingerprint density at radius 3 is 2.76 bits per heavy atom. The first-order chi connectivity index (χ1) is 8.12. The molecule has 1 saturated heterocycles. The van der Waals surface area contributed by atoms with Crippen molar-refractivity contribution >= 4 is 17.2 Å². The topological polar surface area (TPSA) is 41.1 Å². The number of rotatable bonds is 3. The smallest absolute Gasteiger partial charge is 0.226 e. The number of carbonyl (C=O) groups is 1. The van der Waals surface area contributed by atoms with E-state index in [0.29, 0.717) is 6.54 Å². The Bertz CT molecular complexity index is 394. The van der Waals surface area contributed by atoms with Crippen molar-refractivity contribution in [1.29, 1.82) is 0 Å². The minimum absolute atomic E-state index is 0.185. The first kappa shape index (κ1) is 12.6. The molecule has 0 saturated carbocycles. The first-order valence-corrected chi connectivity index (χ1v) is 7.07. The number of hydrogen-bond donors (Lipinski definition) is 2. The van der Waals surface area contributed by atoms with Crippen LogP contribution >= 0.6 is 11.3 Å². The standard InChI is InChI=1S/C13H20N2OS/c1-10-8-17-9-11(10)7-15-12(16)13(2)3-5-14-6-4-13/h8-9,14H,3-7H2,1-2H3,(H,15,16). The van der Waals surface area contributed by atoms with Crippen molar-refractivity contribution in [2.75, 3.05) is 13.1 Å². The van der Waals surface area contributed by atoms with Crippen molar-refractivity contribution < 1.29 is 4.79 Å². The molecule has 0 radical (unpaired) electrons. The van der Waals surface area contributed by atoms with E-state index in [-0.39, 0.29) is 11.3 Å². The van der Waals surface area contributed by atoms with E-state index in [1.807, 2.05) is 0 Å². The highest BCUT2D eigenvalue weighted by atomic mass is 32.1. The van der Waals surface area contributed by atoms with Crippen LogP contribution in [0.2, 0.25) is 0 Å². The monoisotopic (exact) mass is 252 g/mol. The van der Waals surface area contributed by atoms with Crippen LogP contribution in [0.4, 0.5) is 0 Å². The van der Waals surface area contributed by atoms with Crippen LogP contribution in [-0.2, 0) is 11.3 Å². The summed E-state index contributed by atoms with van der Waals surface area (Å²) in [6.07, 6.45) is 1.86. The molecule has 1 fully saturated rings. The largest absolute Gasteiger partial charge is 0.352 e. The van der Waals surface area contributed by atoms with E-state index in [2.05, 4.69) is 35.2 Å². The summed E-state index contributed by atoms with van der Waals surface area (Å²) in [6.45, 7) is 6.72. The lowest BCUT2D eigenvalue weighted by atomic mass is 9.80. The van der Waals surface area contributed by atoms with Gasteiger partial charge in [-0.15, -0.1) is 0 Å². The summed E-state index contributed by atoms with van der Waals surface area (Å²) in [6, 6.07) is 0. The van der Waals surface area contributed by atoms with Crippen molar-refractivity contribution in [1.82, 2.24) is 10.6 Å². The molecule has 0 unspecified atom stereocenters. The molecule has 94 valence electrons. The predicted octanol–water partition coefficient (Wildman–Crippen LogP) is 2.06. The van der Waals surface area contributed by atoms with Gasteiger partial charge in [-0.1, -0.05) is 6.92 Å². The summed E-state index contributed by atoms with van der Waals surface area (Å²) in [5, 5.41) is 10.6. The van der Waals surface area contributed by atoms with Crippen molar-refractivity contribution in [3.8, 4) is 0 Å². The second-order valence-corrected chi connectivity index (χ2v) is 5.82. The average Bonchev–Trinajstić information content (AvgIpc) is 2.73. The zero-order chi connectivity index (χ0) is 12.3. The van der Waals surface area contributed by atoms with Gasteiger partial charge in [0.15, 0.2) is 0 Å². The Morgan fingerprint density at radius 2 is 2.18 bits per heavy atom. The fourth-order valence-corrected chi connectivity index (χ4v) is 3.02. The Kier molecular flexibility index (Phi) is 3.84. The first-order valence-electron chi connectivity index (χ1n) is 6.12. The van der Waals surface area contributed by atoms with E-state index < -0.39 is 0 Å². The van der Waals surface area contributed by atoms with Gasteiger partial charge in [0.05, 0.1) is 0 Å². The van der Waals surface area contributed by atoms with Crippen molar-refractivity contribution in [3.63, 3.8) is 0 Å². The molecular weight excluding hydrogens is 232 g/mol. The summed E-state index contributed by atoms with van der Waals surface area (Å²) in [7, 11) is 0. The van der Waals surface area contributed by atoms with Crippen molar-refractivity contribution in [2.45, 2.75) is 33.2 Å². The lowest BCUT2D eigenvalue weighted by molar-refractivity contribution is -0.131. The molecule has 1 amide bonds. The van der Waals surface area contributed by atoms with Gasteiger partial charge >= 0.3 is 0 Å². The molecule has 1 aromatic heterocycles. The summed E-state index contributed by atoms with van der Waals surface area (Å²) in [5.41, 5.74) is 2.32. The van der Waals surface area contributed by atoms with Gasteiger partial charge in [0.2, 0.25) is 5.91 Å². The molecule has 0 bridgehead atoms. The maximum atomic E-state index is 12.2. The van der Waals surface area contributed by atoms with Gasteiger partial charge in [-0.05, 0) is 54.7 Å². The predicted molar refractivity (Wildman–Crippen MR) is 71.1 cm³/mol. The molecule has 2 rings (SSSR count). The third-order valence-electron chi connectivity index (χ3n) is 3.66. The van der Waals surface area contributed by atoms with E-state index in [0.717, 1.165) is 25.9 Å². The molecule has 3 nitrogen and oxygen atoms in total. The fraction of sp³-hybridized carbons (Fsp3) is 0.615. The quantitative estimate of drug-likeness (QED) is 0.864. The zero-order valence-corrected chi connectivity index (χ0v) is 11.3. The minimum Gasteiger partial charge on any atom is -0.352 e. The van der Waals surface area contributed by atoms with Crippen LogP contribution in [0.1, 0.15) is 30.9 Å². The number of aryl methyl sites for hydroxylation is 1. The third-order valence-corrected chi connectivity index (χ3v) is 4.57. The van der Waals surface area contributed by atoms with Gasteiger partial charge in [0.25, 0.3) is 0 Å². The minimum atomic E-state index is -0.185. The zero-order valence-electron chi connectivity index (χ0n) is 10.5. The average molecular weight is 252 g/mol. The van der Waals surface area contributed by atoms with Gasteiger partial charge < -0.3 is 10.6 Å². The molecule has 4 heteroatoms. The third kappa shape index (κ3) is 2.87. The van der Waals surface area contributed by atoms with Gasteiger partial charge in [0.1, 0.15) is 0 Å². The lowest BCUT2D eigenvalue weighted by Gasteiger charge is -2.32.